The maximum Gasteiger partial charge on any atom is 0.178 e. The molecule has 0 N–H and O–H groups in total. The van der Waals surface area contributed by atoms with Gasteiger partial charge in [-0.2, -0.15) is 4.68 Å². The Morgan fingerprint density at radius 3 is 2.22 bits per heavy atom. The summed E-state index contributed by atoms with van der Waals surface area (Å²) in [6, 6.07) is 22.1. The van der Waals surface area contributed by atoms with Crippen molar-refractivity contribution in [3.8, 4) is 5.69 Å². The highest BCUT2D eigenvalue weighted by Gasteiger charge is 2.32. The SMILES string of the molecule is Cc1cccc(C)c1-n1nnnc1[C@@H](c1cc(Cl)cc(Cl)c1)N1CCN(CC=Cc2ccccc2)CC1. The highest BCUT2D eigenvalue weighted by Crippen LogP contribution is 2.33. The van der Waals surface area contributed by atoms with Crippen LogP contribution in [0.3, 0.4) is 0 Å². The van der Waals surface area contributed by atoms with E-state index in [9.17, 15) is 0 Å². The number of rotatable bonds is 7. The van der Waals surface area contributed by atoms with E-state index < -0.39 is 0 Å². The second-order valence-electron chi connectivity index (χ2n) is 9.44. The van der Waals surface area contributed by atoms with Crippen molar-refractivity contribution in [2.45, 2.75) is 19.9 Å². The van der Waals surface area contributed by atoms with E-state index in [-0.39, 0.29) is 6.04 Å². The Labute approximate surface area is 228 Å². The maximum absolute atomic E-state index is 6.46. The molecule has 6 nitrogen and oxygen atoms in total. The molecule has 0 unspecified atom stereocenters. The molecule has 190 valence electrons. The van der Waals surface area contributed by atoms with E-state index in [0.717, 1.165) is 60.9 Å². The fourth-order valence-corrected chi connectivity index (χ4v) is 5.57. The van der Waals surface area contributed by atoms with Gasteiger partial charge in [-0.05, 0) is 64.7 Å². The number of hydrogen-bond acceptors (Lipinski definition) is 5. The molecule has 5 rings (SSSR count). The summed E-state index contributed by atoms with van der Waals surface area (Å²) in [6.07, 6.45) is 4.42. The van der Waals surface area contributed by atoms with Gasteiger partial charge in [0.15, 0.2) is 5.82 Å². The molecule has 1 fully saturated rings. The van der Waals surface area contributed by atoms with Crippen LogP contribution in [0.15, 0.2) is 72.8 Å². The Hall–Kier alpha value is -3.03. The van der Waals surface area contributed by atoms with Gasteiger partial charge in [0.25, 0.3) is 0 Å². The Morgan fingerprint density at radius 1 is 0.865 bits per heavy atom. The summed E-state index contributed by atoms with van der Waals surface area (Å²) in [7, 11) is 0. The number of benzene rings is 3. The first-order chi connectivity index (χ1) is 18.0. The van der Waals surface area contributed by atoms with Gasteiger partial charge in [-0.3, -0.25) is 9.80 Å². The second-order valence-corrected chi connectivity index (χ2v) is 10.3. The van der Waals surface area contributed by atoms with Crippen molar-refractivity contribution >= 4 is 29.3 Å². The van der Waals surface area contributed by atoms with Crippen molar-refractivity contribution in [1.29, 1.82) is 0 Å². The zero-order valence-electron chi connectivity index (χ0n) is 21.1. The molecule has 3 aromatic carbocycles. The van der Waals surface area contributed by atoms with Gasteiger partial charge in [-0.1, -0.05) is 83.9 Å². The minimum atomic E-state index is -0.188. The van der Waals surface area contributed by atoms with Gasteiger partial charge >= 0.3 is 0 Å². The average molecular weight is 534 g/mol. The van der Waals surface area contributed by atoms with E-state index in [1.54, 1.807) is 6.07 Å². The molecule has 4 aromatic rings. The van der Waals surface area contributed by atoms with E-state index in [4.69, 9.17) is 23.2 Å². The Morgan fingerprint density at radius 2 is 1.54 bits per heavy atom. The summed E-state index contributed by atoms with van der Waals surface area (Å²) in [4.78, 5) is 4.89. The molecule has 8 heteroatoms. The molecule has 0 bridgehead atoms. The molecular weight excluding hydrogens is 503 g/mol. The van der Waals surface area contributed by atoms with E-state index in [1.807, 2.05) is 22.9 Å². The summed E-state index contributed by atoms with van der Waals surface area (Å²) in [5.74, 6) is 0.758. The van der Waals surface area contributed by atoms with Gasteiger partial charge in [0.05, 0.1) is 11.7 Å². The topological polar surface area (TPSA) is 50.1 Å². The predicted molar refractivity (Wildman–Crippen MR) is 150 cm³/mol. The lowest BCUT2D eigenvalue weighted by Crippen LogP contribution is -2.48. The quantitative estimate of drug-likeness (QED) is 0.292. The standard InChI is InChI=1S/C29H30Cl2N6/c1-21-8-6-9-22(2)27(21)37-29(32-33-34-37)28(24-18-25(30)20-26(31)19-24)36-16-14-35(15-17-36)13-7-12-23-10-4-3-5-11-23/h3-12,18-20,28H,13-17H2,1-2H3/t28-/m1/s1. The minimum absolute atomic E-state index is 0.188. The van der Waals surface area contributed by atoms with Crippen LogP contribution in [-0.2, 0) is 0 Å². The number of tetrazole rings is 1. The highest BCUT2D eigenvalue weighted by molar-refractivity contribution is 6.34. The van der Waals surface area contributed by atoms with Gasteiger partial charge in [0.2, 0.25) is 0 Å². The third-order valence-corrected chi connectivity index (χ3v) is 7.27. The van der Waals surface area contributed by atoms with Gasteiger partial charge in [-0.25, -0.2) is 0 Å². The molecule has 0 spiro atoms. The van der Waals surface area contributed by atoms with Crippen molar-refractivity contribution in [2.75, 3.05) is 32.7 Å². The van der Waals surface area contributed by atoms with Crippen LogP contribution in [0.5, 0.6) is 0 Å². The molecular formula is C29H30Cl2N6. The molecule has 1 aliphatic rings. The van der Waals surface area contributed by atoms with Gasteiger partial charge < -0.3 is 0 Å². The summed E-state index contributed by atoms with van der Waals surface area (Å²) in [5, 5.41) is 14.3. The van der Waals surface area contributed by atoms with Crippen LogP contribution in [0.2, 0.25) is 10.0 Å². The first-order valence-corrected chi connectivity index (χ1v) is 13.2. The van der Waals surface area contributed by atoms with Crippen LogP contribution in [0.4, 0.5) is 0 Å². The molecule has 0 amide bonds. The number of aryl methyl sites for hydroxylation is 2. The van der Waals surface area contributed by atoms with Crippen molar-refractivity contribution in [3.63, 3.8) is 0 Å². The van der Waals surface area contributed by atoms with Crippen LogP contribution in [0.1, 0.15) is 34.1 Å². The summed E-state index contributed by atoms with van der Waals surface area (Å²) >= 11 is 12.9. The number of aromatic nitrogens is 4. The lowest BCUT2D eigenvalue weighted by Gasteiger charge is -2.38. The van der Waals surface area contributed by atoms with E-state index in [0.29, 0.717) is 10.0 Å². The molecule has 1 aliphatic heterocycles. The molecule has 0 aliphatic carbocycles. The smallest absolute Gasteiger partial charge is 0.178 e. The van der Waals surface area contributed by atoms with Crippen molar-refractivity contribution in [2.24, 2.45) is 0 Å². The number of halogens is 2. The Kier molecular flexibility index (Phi) is 8.01. The summed E-state index contributed by atoms with van der Waals surface area (Å²) in [5.41, 5.74) is 5.44. The molecule has 1 aromatic heterocycles. The third kappa shape index (κ3) is 5.94. The first-order valence-electron chi connectivity index (χ1n) is 12.5. The predicted octanol–water partition coefficient (Wildman–Crippen LogP) is 6.01. The van der Waals surface area contributed by atoms with E-state index in [2.05, 4.69) is 93.8 Å². The number of nitrogens with zero attached hydrogens (tertiary/aromatic N) is 6. The Bertz CT molecular complexity index is 1340. The average Bonchev–Trinajstić information content (AvgIpc) is 3.34. The molecule has 0 saturated carbocycles. The zero-order valence-corrected chi connectivity index (χ0v) is 22.6. The summed E-state index contributed by atoms with van der Waals surface area (Å²) < 4.78 is 1.87. The largest absolute Gasteiger partial charge is 0.297 e. The highest BCUT2D eigenvalue weighted by atomic mass is 35.5. The Balaban J connectivity index is 1.42. The monoisotopic (exact) mass is 532 g/mol. The fraction of sp³-hybridized carbons (Fsp3) is 0.276. The lowest BCUT2D eigenvalue weighted by molar-refractivity contribution is 0.113. The minimum Gasteiger partial charge on any atom is -0.297 e. The fourth-order valence-electron chi connectivity index (χ4n) is 5.03. The van der Waals surface area contributed by atoms with Gasteiger partial charge in [0.1, 0.15) is 0 Å². The van der Waals surface area contributed by atoms with Crippen molar-refractivity contribution < 1.29 is 0 Å². The van der Waals surface area contributed by atoms with Crippen LogP contribution < -0.4 is 0 Å². The maximum atomic E-state index is 6.46. The van der Waals surface area contributed by atoms with Crippen molar-refractivity contribution in [1.82, 2.24) is 30.0 Å². The zero-order chi connectivity index (χ0) is 25.8. The van der Waals surface area contributed by atoms with Gasteiger partial charge in [0, 0.05) is 42.8 Å². The molecule has 1 saturated heterocycles. The van der Waals surface area contributed by atoms with Crippen LogP contribution >= 0.6 is 23.2 Å². The lowest BCUT2D eigenvalue weighted by atomic mass is 10.0. The molecule has 2 heterocycles. The molecule has 1 atom stereocenters. The van der Waals surface area contributed by atoms with E-state index >= 15 is 0 Å². The second kappa shape index (κ2) is 11.6. The van der Waals surface area contributed by atoms with Gasteiger partial charge in [-0.15, -0.1) is 5.10 Å². The number of hydrogen-bond donors (Lipinski definition) is 0. The molecule has 0 radical (unpaired) electrons. The van der Waals surface area contributed by atoms with Crippen LogP contribution in [-0.4, -0.2) is 62.7 Å². The normalized spacial score (nSPS) is 15.9. The van der Waals surface area contributed by atoms with E-state index in [1.165, 1.54) is 5.56 Å². The third-order valence-electron chi connectivity index (χ3n) is 6.84. The first kappa shape index (κ1) is 25.6. The number of piperazine rings is 1. The number of para-hydroxylation sites is 1. The van der Waals surface area contributed by atoms with Crippen LogP contribution in [0.25, 0.3) is 11.8 Å². The van der Waals surface area contributed by atoms with Crippen LogP contribution in [0, 0.1) is 13.8 Å². The summed E-state index contributed by atoms with van der Waals surface area (Å²) in [6.45, 7) is 8.70. The molecule has 37 heavy (non-hydrogen) atoms. The van der Waals surface area contributed by atoms with Crippen molar-refractivity contribution in [3.05, 3.63) is 111 Å².